The summed E-state index contributed by atoms with van der Waals surface area (Å²) in [6.45, 7) is 9.28. The number of hydrogen-bond donors (Lipinski definition) is 1. The summed E-state index contributed by atoms with van der Waals surface area (Å²) in [4.78, 5) is 26.2. The third kappa shape index (κ3) is 4.65. The number of halogens is 1. The monoisotopic (exact) mass is 470 g/mol. The quantitative estimate of drug-likeness (QED) is 0.607. The Morgan fingerprint density at radius 2 is 1.93 bits per heavy atom. The Morgan fingerprint density at radius 1 is 1.13 bits per heavy atom. The molecule has 158 valence electrons. The number of carbonyl (C=O) groups is 1. The molecule has 1 N–H and O–H groups in total. The molecule has 1 aliphatic rings. The number of imidazole rings is 1. The van der Waals surface area contributed by atoms with Crippen molar-refractivity contribution in [3.8, 4) is 0 Å². The van der Waals surface area contributed by atoms with Gasteiger partial charge in [0.05, 0.1) is 0 Å². The summed E-state index contributed by atoms with van der Waals surface area (Å²) >= 11 is 3.44. The molecule has 0 aliphatic carbocycles. The molecule has 3 aromatic rings. The number of piperazine rings is 1. The van der Waals surface area contributed by atoms with Gasteiger partial charge in [-0.1, -0.05) is 35.8 Å². The molecular weight excluding hydrogens is 444 g/mol. The van der Waals surface area contributed by atoms with Gasteiger partial charge in [0.2, 0.25) is 0 Å². The van der Waals surface area contributed by atoms with Gasteiger partial charge < -0.3 is 14.8 Å². The lowest BCUT2D eigenvalue weighted by Gasteiger charge is -2.34. The minimum atomic E-state index is -0.0420. The zero-order chi connectivity index (χ0) is 21.1. The molecule has 0 bridgehead atoms. The lowest BCUT2D eigenvalue weighted by Crippen LogP contribution is -2.50. The third-order valence-electron chi connectivity index (χ3n) is 5.42. The second-order valence-electron chi connectivity index (χ2n) is 7.89. The maximum Gasteiger partial charge on any atom is 0.321 e. The number of amides is 2. The van der Waals surface area contributed by atoms with Crippen molar-refractivity contribution in [2.75, 3.05) is 38.0 Å². The van der Waals surface area contributed by atoms with E-state index < -0.39 is 0 Å². The predicted octanol–water partition coefficient (Wildman–Crippen LogP) is 4.17. The van der Waals surface area contributed by atoms with Gasteiger partial charge in [0.15, 0.2) is 5.65 Å². The number of benzene rings is 1. The number of aromatic nitrogens is 3. The Labute approximate surface area is 185 Å². The summed E-state index contributed by atoms with van der Waals surface area (Å²) in [6, 6.07) is 11.6. The van der Waals surface area contributed by atoms with Crippen LogP contribution in [0.25, 0.3) is 11.2 Å². The molecule has 4 rings (SSSR count). The van der Waals surface area contributed by atoms with E-state index in [1.165, 1.54) is 0 Å². The Morgan fingerprint density at radius 3 is 2.67 bits per heavy atom. The van der Waals surface area contributed by atoms with Crippen molar-refractivity contribution in [3.63, 3.8) is 0 Å². The van der Waals surface area contributed by atoms with E-state index in [0.717, 1.165) is 66.4 Å². The molecule has 0 spiro atoms. The van der Waals surface area contributed by atoms with Gasteiger partial charge in [-0.3, -0.25) is 4.90 Å². The topological polar surface area (TPSA) is 66.3 Å². The fourth-order valence-corrected chi connectivity index (χ4v) is 4.22. The summed E-state index contributed by atoms with van der Waals surface area (Å²) < 4.78 is 3.19. The second-order valence-corrected chi connectivity index (χ2v) is 8.81. The van der Waals surface area contributed by atoms with Crippen LogP contribution in [-0.4, -0.2) is 63.1 Å². The zero-order valence-electron chi connectivity index (χ0n) is 17.4. The molecule has 7 nitrogen and oxygen atoms in total. The number of hydrogen-bond acceptors (Lipinski definition) is 4. The highest BCUT2D eigenvalue weighted by molar-refractivity contribution is 9.10. The average molecular weight is 471 g/mol. The van der Waals surface area contributed by atoms with Gasteiger partial charge in [-0.2, -0.15) is 0 Å². The molecule has 8 heteroatoms. The van der Waals surface area contributed by atoms with Crippen LogP contribution < -0.4 is 5.32 Å². The van der Waals surface area contributed by atoms with Crippen LogP contribution in [-0.2, 0) is 6.54 Å². The van der Waals surface area contributed by atoms with E-state index in [-0.39, 0.29) is 6.03 Å². The normalized spacial score (nSPS) is 15.1. The van der Waals surface area contributed by atoms with Gasteiger partial charge in [0.25, 0.3) is 0 Å². The Kier molecular flexibility index (Phi) is 6.34. The number of rotatable bonds is 5. The fraction of sp³-hybridized carbons (Fsp3) is 0.409. The van der Waals surface area contributed by atoms with Crippen LogP contribution in [0.5, 0.6) is 0 Å². The second kappa shape index (κ2) is 9.14. The van der Waals surface area contributed by atoms with Crippen molar-refractivity contribution in [2.45, 2.75) is 26.3 Å². The van der Waals surface area contributed by atoms with Crippen LogP contribution >= 0.6 is 15.9 Å². The molecule has 2 aromatic heterocycles. The lowest BCUT2D eigenvalue weighted by atomic mass is 10.2. The van der Waals surface area contributed by atoms with E-state index >= 15 is 0 Å². The maximum atomic E-state index is 12.6. The summed E-state index contributed by atoms with van der Waals surface area (Å²) in [7, 11) is 0. The van der Waals surface area contributed by atoms with Crippen molar-refractivity contribution >= 4 is 38.8 Å². The van der Waals surface area contributed by atoms with Crippen molar-refractivity contribution in [3.05, 3.63) is 52.9 Å². The van der Waals surface area contributed by atoms with Gasteiger partial charge in [0.1, 0.15) is 11.3 Å². The molecule has 2 amide bonds. The molecule has 0 radical (unpaired) electrons. The standard InChI is InChI=1S/C22H27BrN6O/c1-16(2)20-26-19-7-4-8-24-21(19)29(20)14-11-27-9-12-28(13-10-27)22(30)25-18-6-3-5-17(23)15-18/h3-8,15-16H,9-14H2,1-2H3,(H,25,30). The van der Waals surface area contributed by atoms with Gasteiger partial charge in [0, 0.05) is 61.5 Å². The minimum absolute atomic E-state index is 0.0420. The van der Waals surface area contributed by atoms with E-state index in [1.807, 2.05) is 47.5 Å². The number of carbonyl (C=O) groups excluding carboxylic acids is 1. The van der Waals surface area contributed by atoms with Gasteiger partial charge in [-0.05, 0) is 30.3 Å². The highest BCUT2D eigenvalue weighted by Crippen LogP contribution is 2.20. The fourth-order valence-electron chi connectivity index (χ4n) is 3.82. The van der Waals surface area contributed by atoms with Crippen molar-refractivity contribution < 1.29 is 4.79 Å². The van der Waals surface area contributed by atoms with Gasteiger partial charge in [-0.15, -0.1) is 0 Å². The molecule has 0 unspecified atom stereocenters. The van der Waals surface area contributed by atoms with Crippen LogP contribution in [0.15, 0.2) is 47.1 Å². The van der Waals surface area contributed by atoms with Crippen LogP contribution in [0.1, 0.15) is 25.6 Å². The number of anilines is 1. The Bertz CT molecular complexity index is 1030. The number of nitrogens with one attached hydrogen (secondary N) is 1. The maximum absolute atomic E-state index is 12.6. The predicted molar refractivity (Wildman–Crippen MR) is 123 cm³/mol. The summed E-state index contributed by atoms with van der Waals surface area (Å²) in [6.07, 6.45) is 1.83. The van der Waals surface area contributed by atoms with Crippen LogP contribution in [0.4, 0.5) is 10.5 Å². The molecule has 1 aliphatic heterocycles. The van der Waals surface area contributed by atoms with E-state index in [0.29, 0.717) is 5.92 Å². The number of nitrogens with zero attached hydrogens (tertiary/aromatic N) is 5. The summed E-state index contributed by atoms with van der Waals surface area (Å²) in [5.41, 5.74) is 2.71. The van der Waals surface area contributed by atoms with E-state index in [1.54, 1.807) is 0 Å². The molecule has 3 heterocycles. The van der Waals surface area contributed by atoms with E-state index in [4.69, 9.17) is 4.98 Å². The molecular formula is C22H27BrN6O. The Hall–Kier alpha value is -2.45. The summed E-state index contributed by atoms with van der Waals surface area (Å²) in [5.74, 6) is 1.42. The van der Waals surface area contributed by atoms with Crippen LogP contribution in [0, 0.1) is 0 Å². The van der Waals surface area contributed by atoms with E-state index in [9.17, 15) is 4.79 Å². The van der Waals surface area contributed by atoms with Crippen LogP contribution in [0.2, 0.25) is 0 Å². The largest absolute Gasteiger partial charge is 0.322 e. The minimum Gasteiger partial charge on any atom is -0.322 e. The molecule has 1 fully saturated rings. The molecule has 1 saturated heterocycles. The van der Waals surface area contributed by atoms with Crippen molar-refractivity contribution in [1.29, 1.82) is 0 Å². The molecule has 30 heavy (non-hydrogen) atoms. The van der Waals surface area contributed by atoms with Gasteiger partial charge >= 0.3 is 6.03 Å². The highest BCUT2D eigenvalue weighted by Gasteiger charge is 2.22. The zero-order valence-corrected chi connectivity index (χ0v) is 19.0. The molecule has 1 aromatic carbocycles. The van der Waals surface area contributed by atoms with Gasteiger partial charge in [-0.25, -0.2) is 14.8 Å². The first kappa shape index (κ1) is 20.8. The Balaban J connectivity index is 1.33. The SMILES string of the molecule is CC(C)c1nc2cccnc2n1CCN1CCN(C(=O)Nc2cccc(Br)c2)CC1. The van der Waals surface area contributed by atoms with E-state index in [2.05, 4.69) is 49.5 Å². The van der Waals surface area contributed by atoms with Crippen LogP contribution in [0.3, 0.4) is 0 Å². The number of urea groups is 1. The first-order valence-corrected chi connectivity index (χ1v) is 11.2. The molecule has 0 saturated carbocycles. The average Bonchev–Trinajstić information content (AvgIpc) is 3.11. The third-order valence-corrected chi connectivity index (χ3v) is 5.92. The lowest BCUT2D eigenvalue weighted by molar-refractivity contribution is 0.144. The van der Waals surface area contributed by atoms with Crippen molar-refractivity contribution in [2.24, 2.45) is 0 Å². The smallest absolute Gasteiger partial charge is 0.321 e. The van der Waals surface area contributed by atoms with Crippen molar-refractivity contribution in [1.82, 2.24) is 24.3 Å². The first-order valence-electron chi connectivity index (χ1n) is 10.4. The summed E-state index contributed by atoms with van der Waals surface area (Å²) in [5, 5.41) is 2.98. The first-order chi connectivity index (χ1) is 14.5. The molecule has 0 atom stereocenters. The number of fused-ring (bicyclic) bond motifs is 1. The highest BCUT2D eigenvalue weighted by atomic mass is 79.9. The number of pyridine rings is 1.